The van der Waals surface area contributed by atoms with Gasteiger partial charge in [0.05, 0.1) is 16.6 Å². The fourth-order valence-corrected chi connectivity index (χ4v) is 2.83. The molecule has 0 aliphatic carbocycles. The first-order valence-corrected chi connectivity index (χ1v) is 7.78. The lowest BCUT2D eigenvalue weighted by atomic mass is 10.1. The highest BCUT2D eigenvalue weighted by Gasteiger charge is 2.31. The summed E-state index contributed by atoms with van der Waals surface area (Å²) >= 11 is 0. The molecule has 4 rings (SSSR count). The number of anilines is 1. The van der Waals surface area contributed by atoms with Gasteiger partial charge >= 0.3 is 6.18 Å². The van der Waals surface area contributed by atoms with Crippen LogP contribution in [0.15, 0.2) is 47.7 Å². The Bertz CT molecular complexity index is 1070. The van der Waals surface area contributed by atoms with Crippen LogP contribution in [0.5, 0.6) is 0 Å². The lowest BCUT2D eigenvalue weighted by Gasteiger charge is -2.11. The summed E-state index contributed by atoms with van der Waals surface area (Å²) < 4.78 is 40.7. The van der Waals surface area contributed by atoms with E-state index < -0.39 is 17.6 Å². The van der Waals surface area contributed by atoms with Gasteiger partial charge in [-0.15, -0.1) is 0 Å². The molecule has 1 aliphatic heterocycles. The zero-order valence-corrected chi connectivity index (χ0v) is 13.3. The van der Waals surface area contributed by atoms with Crippen LogP contribution in [0.4, 0.5) is 19.0 Å². The number of fused-ring (bicyclic) bond motifs is 3. The predicted octanol–water partition coefficient (Wildman–Crippen LogP) is 2.62. The highest BCUT2D eigenvalue weighted by Crippen LogP contribution is 2.32. The van der Waals surface area contributed by atoms with Crippen molar-refractivity contribution < 1.29 is 18.0 Å². The van der Waals surface area contributed by atoms with Crippen molar-refractivity contribution in [1.29, 1.82) is 0 Å². The normalized spacial score (nSPS) is 14.3. The van der Waals surface area contributed by atoms with E-state index in [9.17, 15) is 18.0 Å². The minimum atomic E-state index is -4.47. The molecule has 0 bridgehead atoms. The maximum atomic E-state index is 13.0. The quantitative estimate of drug-likeness (QED) is 0.725. The van der Waals surface area contributed by atoms with E-state index in [-0.39, 0.29) is 16.7 Å². The number of aromatic nitrogens is 3. The van der Waals surface area contributed by atoms with E-state index in [1.165, 1.54) is 18.5 Å². The third-order valence-corrected chi connectivity index (χ3v) is 4.05. The average molecular weight is 359 g/mol. The van der Waals surface area contributed by atoms with Crippen LogP contribution < -0.4 is 10.9 Å². The van der Waals surface area contributed by atoms with Gasteiger partial charge in [0.2, 0.25) is 5.62 Å². The molecule has 0 saturated heterocycles. The maximum absolute atomic E-state index is 13.0. The lowest BCUT2D eigenvalue weighted by molar-refractivity contribution is -0.137. The predicted molar refractivity (Wildman–Crippen MR) is 87.4 cm³/mol. The van der Waals surface area contributed by atoms with Gasteiger partial charge in [-0.1, -0.05) is 0 Å². The van der Waals surface area contributed by atoms with Crippen LogP contribution in [-0.2, 0) is 12.7 Å². The lowest BCUT2D eigenvalue weighted by Crippen LogP contribution is -2.25. The molecule has 2 aromatic heterocycles. The van der Waals surface area contributed by atoms with E-state index in [4.69, 9.17) is 0 Å². The molecule has 132 valence electrons. The van der Waals surface area contributed by atoms with Crippen molar-refractivity contribution in [3.63, 3.8) is 0 Å². The van der Waals surface area contributed by atoms with Gasteiger partial charge in [-0.2, -0.15) is 18.2 Å². The molecule has 0 unspecified atom stereocenters. The van der Waals surface area contributed by atoms with Crippen molar-refractivity contribution in [2.24, 2.45) is 4.99 Å². The van der Waals surface area contributed by atoms with Crippen molar-refractivity contribution >= 4 is 22.6 Å². The number of pyridine rings is 1. The number of carbonyl (C=O) groups is 1. The number of halogens is 3. The Labute approximate surface area is 145 Å². The SMILES string of the molecule is O=C(N=c1nc2cc(C(F)(F)F)ccc2c2n1CCN2)c1cccnc1. The topological polar surface area (TPSA) is 72.2 Å². The monoisotopic (exact) mass is 359 g/mol. The number of nitrogens with zero attached hydrogens (tertiary/aromatic N) is 4. The summed E-state index contributed by atoms with van der Waals surface area (Å²) in [6.45, 7) is 1.09. The van der Waals surface area contributed by atoms with Crippen LogP contribution in [0, 0.1) is 0 Å². The van der Waals surface area contributed by atoms with Gasteiger partial charge in [0.1, 0.15) is 5.82 Å². The number of rotatable bonds is 1. The minimum absolute atomic E-state index is 0.0608. The minimum Gasteiger partial charge on any atom is -0.369 e. The molecule has 3 aromatic rings. The van der Waals surface area contributed by atoms with Gasteiger partial charge in [-0.25, -0.2) is 4.98 Å². The zero-order valence-electron chi connectivity index (χ0n) is 13.3. The number of amides is 1. The summed E-state index contributed by atoms with van der Waals surface area (Å²) in [7, 11) is 0. The van der Waals surface area contributed by atoms with E-state index in [1.54, 1.807) is 16.7 Å². The Kier molecular flexibility index (Phi) is 3.71. The Morgan fingerprint density at radius 2 is 2.12 bits per heavy atom. The Morgan fingerprint density at radius 3 is 2.85 bits per heavy atom. The molecular formula is C17H12F3N5O. The van der Waals surface area contributed by atoms with Gasteiger partial charge in [0, 0.05) is 30.9 Å². The Morgan fingerprint density at radius 1 is 1.27 bits per heavy atom. The molecule has 0 saturated carbocycles. The van der Waals surface area contributed by atoms with E-state index in [0.717, 1.165) is 12.1 Å². The molecule has 0 spiro atoms. The Hall–Kier alpha value is -3.23. The summed E-state index contributed by atoms with van der Waals surface area (Å²) in [5.74, 6) is 0.0417. The average Bonchev–Trinajstić information content (AvgIpc) is 3.11. The summed E-state index contributed by atoms with van der Waals surface area (Å²) in [4.78, 5) is 24.4. The number of alkyl halides is 3. The number of hydrogen-bond donors (Lipinski definition) is 1. The Balaban J connectivity index is 1.92. The second kappa shape index (κ2) is 5.94. The molecule has 26 heavy (non-hydrogen) atoms. The maximum Gasteiger partial charge on any atom is 0.416 e. The van der Waals surface area contributed by atoms with Gasteiger partial charge in [0.15, 0.2) is 0 Å². The largest absolute Gasteiger partial charge is 0.416 e. The zero-order chi connectivity index (χ0) is 18.3. The molecule has 1 aliphatic rings. The van der Waals surface area contributed by atoms with Crippen molar-refractivity contribution in [1.82, 2.24) is 14.5 Å². The molecular weight excluding hydrogens is 347 g/mol. The third-order valence-electron chi connectivity index (χ3n) is 4.05. The molecule has 6 nitrogen and oxygen atoms in total. The van der Waals surface area contributed by atoms with E-state index in [2.05, 4.69) is 20.3 Å². The number of hydrogen-bond acceptors (Lipinski definition) is 4. The van der Waals surface area contributed by atoms with Crippen LogP contribution in [0.3, 0.4) is 0 Å². The van der Waals surface area contributed by atoms with E-state index >= 15 is 0 Å². The van der Waals surface area contributed by atoms with Crippen molar-refractivity contribution in [3.05, 3.63) is 59.5 Å². The number of benzene rings is 1. The fourth-order valence-electron chi connectivity index (χ4n) is 2.83. The first-order chi connectivity index (χ1) is 12.4. The van der Waals surface area contributed by atoms with Gasteiger partial charge in [-0.3, -0.25) is 14.3 Å². The van der Waals surface area contributed by atoms with Crippen LogP contribution in [-0.4, -0.2) is 27.0 Å². The van der Waals surface area contributed by atoms with Gasteiger partial charge < -0.3 is 5.32 Å². The summed E-state index contributed by atoms with van der Waals surface area (Å²) in [5.41, 5.74) is -0.340. The molecule has 0 fully saturated rings. The molecule has 1 aromatic carbocycles. The van der Waals surface area contributed by atoms with E-state index in [1.807, 2.05) is 0 Å². The summed E-state index contributed by atoms with van der Waals surface area (Å²) in [6, 6.07) is 6.52. The van der Waals surface area contributed by atoms with Gasteiger partial charge in [0.25, 0.3) is 5.91 Å². The first kappa shape index (κ1) is 16.2. The first-order valence-electron chi connectivity index (χ1n) is 7.78. The second-order valence-corrected chi connectivity index (χ2v) is 5.73. The molecule has 9 heteroatoms. The summed E-state index contributed by atoms with van der Waals surface area (Å²) in [6.07, 6.45) is -1.57. The van der Waals surface area contributed by atoms with Crippen molar-refractivity contribution in [3.8, 4) is 0 Å². The molecule has 1 N–H and O–H groups in total. The van der Waals surface area contributed by atoms with Crippen LogP contribution in [0.1, 0.15) is 15.9 Å². The summed E-state index contributed by atoms with van der Waals surface area (Å²) in [5, 5.41) is 3.66. The fraction of sp³-hybridized carbons (Fsp3) is 0.176. The van der Waals surface area contributed by atoms with Crippen molar-refractivity contribution in [2.45, 2.75) is 12.7 Å². The third kappa shape index (κ3) is 2.81. The smallest absolute Gasteiger partial charge is 0.369 e. The number of nitrogens with one attached hydrogen (secondary N) is 1. The van der Waals surface area contributed by atoms with Crippen LogP contribution in [0.25, 0.3) is 10.9 Å². The molecule has 0 radical (unpaired) electrons. The highest BCUT2D eigenvalue weighted by molar-refractivity contribution is 5.95. The molecule has 0 atom stereocenters. The van der Waals surface area contributed by atoms with Gasteiger partial charge in [-0.05, 0) is 30.3 Å². The van der Waals surface area contributed by atoms with Crippen LogP contribution in [0.2, 0.25) is 0 Å². The van der Waals surface area contributed by atoms with Crippen LogP contribution >= 0.6 is 0 Å². The number of carbonyl (C=O) groups excluding carboxylic acids is 1. The van der Waals surface area contributed by atoms with Crippen molar-refractivity contribution in [2.75, 3.05) is 11.9 Å². The highest BCUT2D eigenvalue weighted by atomic mass is 19.4. The molecule has 3 heterocycles. The molecule has 1 amide bonds. The van der Waals surface area contributed by atoms with E-state index in [0.29, 0.717) is 24.3 Å². The second-order valence-electron chi connectivity index (χ2n) is 5.73. The standard InChI is InChI=1S/C17H12F3N5O/c18-17(19,20)11-3-4-12-13(8-11)23-16(25-7-6-22-14(12)25)24-15(26)10-2-1-5-21-9-10/h1-5,8-9,22H,6-7H2.